The maximum absolute atomic E-state index is 14.0. The van der Waals surface area contributed by atoms with E-state index in [9.17, 15) is 9.59 Å². The maximum atomic E-state index is 14.0. The van der Waals surface area contributed by atoms with Gasteiger partial charge in [0.2, 0.25) is 0 Å². The van der Waals surface area contributed by atoms with Crippen LogP contribution in [-0.4, -0.2) is 44.9 Å². The molecule has 0 saturated carbocycles. The molecule has 0 radical (unpaired) electrons. The van der Waals surface area contributed by atoms with Crippen molar-refractivity contribution in [2.24, 2.45) is 0 Å². The zero-order valence-electron chi connectivity index (χ0n) is 21.0. The summed E-state index contributed by atoms with van der Waals surface area (Å²) < 4.78 is 8.31. The van der Waals surface area contributed by atoms with Crippen molar-refractivity contribution in [3.8, 4) is 0 Å². The Hall–Kier alpha value is -3.45. The molecule has 7 heteroatoms. The highest BCUT2D eigenvalue weighted by molar-refractivity contribution is 6.00. The van der Waals surface area contributed by atoms with Gasteiger partial charge in [-0.05, 0) is 73.6 Å². The van der Waals surface area contributed by atoms with Crippen LogP contribution >= 0.6 is 0 Å². The first-order valence-electron chi connectivity index (χ1n) is 13.6. The third kappa shape index (κ3) is 2.89. The monoisotopic (exact) mass is 494 g/mol. The highest BCUT2D eigenvalue weighted by atomic mass is 16.5. The van der Waals surface area contributed by atoms with Gasteiger partial charge in [0.25, 0.3) is 11.5 Å². The first kappa shape index (κ1) is 21.6. The van der Waals surface area contributed by atoms with Crippen LogP contribution in [0.25, 0.3) is 16.6 Å². The van der Waals surface area contributed by atoms with Crippen LogP contribution in [0.15, 0.2) is 41.3 Å². The molecular formula is C30H30N4O3. The number of amides is 1. The minimum atomic E-state index is -0.170. The summed E-state index contributed by atoms with van der Waals surface area (Å²) in [5, 5.41) is 0. The highest BCUT2D eigenvalue weighted by Crippen LogP contribution is 2.47. The Morgan fingerprint density at radius 2 is 2.03 bits per heavy atom. The second kappa shape index (κ2) is 7.54. The first-order chi connectivity index (χ1) is 18.0. The van der Waals surface area contributed by atoms with E-state index in [0.29, 0.717) is 23.2 Å². The molecule has 2 bridgehead atoms. The Morgan fingerprint density at radius 1 is 1.19 bits per heavy atom. The molecule has 2 fully saturated rings. The van der Waals surface area contributed by atoms with Gasteiger partial charge >= 0.3 is 0 Å². The van der Waals surface area contributed by atoms with Gasteiger partial charge in [0.05, 0.1) is 23.3 Å². The van der Waals surface area contributed by atoms with Crippen LogP contribution < -0.4 is 5.56 Å². The molecule has 2 aromatic heterocycles. The van der Waals surface area contributed by atoms with E-state index in [1.54, 1.807) is 6.20 Å². The number of nitrogens with one attached hydrogen (secondary N) is 1. The summed E-state index contributed by atoms with van der Waals surface area (Å²) in [5.41, 5.74) is 7.86. The Morgan fingerprint density at radius 3 is 2.89 bits per heavy atom. The van der Waals surface area contributed by atoms with Crippen LogP contribution in [0.4, 0.5) is 0 Å². The smallest absolute Gasteiger partial charge is 0.274 e. The van der Waals surface area contributed by atoms with Crippen LogP contribution in [0.5, 0.6) is 0 Å². The highest BCUT2D eigenvalue weighted by Gasteiger charge is 2.42. The van der Waals surface area contributed by atoms with E-state index in [-0.39, 0.29) is 28.9 Å². The number of aromatic nitrogens is 3. The summed E-state index contributed by atoms with van der Waals surface area (Å²) in [6.07, 6.45) is 7.60. The number of rotatable bonds is 1. The van der Waals surface area contributed by atoms with E-state index in [1.165, 1.54) is 17.5 Å². The average Bonchev–Trinajstić information content (AvgIpc) is 3.50. The van der Waals surface area contributed by atoms with E-state index in [4.69, 9.17) is 4.74 Å². The Bertz CT molecular complexity index is 1670. The molecule has 2 atom stereocenters. The normalized spacial score (nSPS) is 23.6. The van der Waals surface area contributed by atoms with Crippen LogP contribution in [-0.2, 0) is 16.6 Å². The number of piperidine rings is 1. The fraction of sp³-hybridized carbons (Fsp3) is 0.433. The lowest BCUT2D eigenvalue weighted by molar-refractivity contribution is 0.00574. The van der Waals surface area contributed by atoms with Crippen molar-refractivity contribution in [1.82, 2.24) is 19.3 Å². The molecule has 2 saturated heterocycles. The standard InChI is InChI=1S/C30H30N4O3/c1-17-20(29(36)33-11-9-30(10-12-33)8-6-18-4-2-3-5-21(18)30)15-22-26-25(17)24-14-19(7-13-37-24)27-31-16-23(34(26)27)28(35)32-22/h2-5,15-16,19,24H,6-14H2,1H3,(H,32,35). The number of aromatic amines is 1. The summed E-state index contributed by atoms with van der Waals surface area (Å²) in [7, 11) is 0. The van der Waals surface area contributed by atoms with E-state index in [1.807, 2.05) is 22.3 Å². The van der Waals surface area contributed by atoms with Gasteiger partial charge in [-0.2, -0.15) is 0 Å². The van der Waals surface area contributed by atoms with Crippen molar-refractivity contribution in [3.63, 3.8) is 0 Å². The fourth-order valence-electron chi connectivity index (χ4n) is 7.80. The predicted octanol–water partition coefficient (Wildman–Crippen LogP) is 4.55. The molecule has 1 aliphatic carbocycles. The molecule has 4 aliphatic rings. The van der Waals surface area contributed by atoms with Crippen molar-refractivity contribution < 1.29 is 9.53 Å². The Kier molecular flexibility index (Phi) is 4.41. The number of hydrogen-bond donors (Lipinski definition) is 1. The van der Waals surface area contributed by atoms with E-state index in [2.05, 4.69) is 34.2 Å². The Labute approximate surface area is 214 Å². The zero-order valence-corrected chi connectivity index (χ0v) is 21.0. The molecule has 2 aromatic carbocycles. The lowest BCUT2D eigenvalue weighted by Gasteiger charge is -2.40. The summed E-state index contributed by atoms with van der Waals surface area (Å²) in [5.74, 6) is 1.24. The molecule has 7 nitrogen and oxygen atoms in total. The van der Waals surface area contributed by atoms with E-state index >= 15 is 0 Å². The van der Waals surface area contributed by atoms with Gasteiger partial charge < -0.3 is 14.6 Å². The van der Waals surface area contributed by atoms with Crippen molar-refractivity contribution in [2.75, 3.05) is 19.7 Å². The van der Waals surface area contributed by atoms with Crippen molar-refractivity contribution in [2.45, 2.75) is 62.9 Å². The molecule has 1 N–H and O–H groups in total. The van der Waals surface area contributed by atoms with E-state index < -0.39 is 0 Å². The third-order valence-electron chi connectivity index (χ3n) is 9.77. The molecule has 2 unspecified atom stereocenters. The molecule has 188 valence electrons. The number of benzene rings is 2. The minimum absolute atomic E-state index is 0.0557. The fourth-order valence-corrected chi connectivity index (χ4v) is 7.80. The third-order valence-corrected chi connectivity index (χ3v) is 9.77. The second-order valence-electron chi connectivity index (χ2n) is 11.5. The minimum Gasteiger partial charge on any atom is -0.373 e. The van der Waals surface area contributed by atoms with Crippen LogP contribution in [0.1, 0.15) is 82.6 Å². The molecular weight excluding hydrogens is 464 g/mol. The molecule has 5 heterocycles. The lowest BCUT2D eigenvalue weighted by Crippen LogP contribution is -2.44. The van der Waals surface area contributed by atoms with Gasteiger partial charge in [0.15, 0.2) is 0 Å². The summed E-state index contributed by atoms with van der Waals surface area (Å²) in [6.45, 7) is 4.21. The van der Waals surface area contributed by atoms with Gasteiger partial charge in [-0.15, -0.1) is 0 Å². The van der Waals surface area contributed by atoms with Crippen molar-refractivity contribution >= 4 is 22.5 Å². The zero-order chi connectivity index (χ0) is 24.9. The SMILES string of the molecule is Cc1c(C(=O)N2CCC3(CCc4ccccc43)CC2)cc2[nH]c(=O)c3cnc4n3c2c1C1CC4CCO1. The maximum Gasteiger partial charge on any atom is 0.274 e. The number of likely N-dealkylation sites (tertiary alicyclic amines) is 1. The average molecular weight is 495 g/mol. The van der Waals surface area contributed by atoms with E-state index in [0.717, 1.165) is 67.7 Å². The molecule has 4 aromatic rings. The topological polar surface area (TPSA) is 79.7 Å². The number of ether oxygens (including phenoxy) is 1. The van der Waals surface area contributed by atoms with Crippen molar-refractivity contribution in [3.05, 3.63) is 80.5 Å². The first-order valence-corrected chi connectivity index (χ1v) is 13.6. The largest absolute Gasteiger partial charge is 0.373 e. The van der Waals surface area contributed by atoms with Crippen LogP contribution in [0.3, 0.4) is 0 Å². The van der Waals surface area contributed by atoms with Crippen molar-refractivity contribution in [1.29, 1.82) is 0 Å². The number of carbonyl (C=O) groups excluding carboxylic acids is 1. The van der Waals surface area contributed by atoms with Gasteiger partial charge in [-0.25, -0.2) is 4.98 Å². The summed E-state index contributed by atoms with van der Waals surface area (Å²) >= 11 is 0. The van der Waals surface area contributed by atoms with Gasteiger partial charge in [0.1, 0.15) is 11.3 Å². The lowest BCUT2D eigenvalue weighted by atomic mass is 9.73. The number of imidazole rings is 1. The number of aryl methyl sites for hydroxylation is 1. The molecule has 3 aliphatic heterocycles. The summed E-state index contributed by atoms with van der Waals surface area (Å²) in [6, 6.07) is 10.7. The molecule has 1 amide bonds. The van der Waals surface area contributed by atoms with Crippen LogP contribution in [0, 0.1) is 6.92 Å². The summed E-state index contributed by atoms with van der Waals surface area (Å²) in [4.78, 5) is 36.8. The second-order valence-corrected chi connectivity index (χ2v) is 11.5. The number of carbonyl (C=O) groups is 1. The molecule has 8 rings (SSSR count). The number of fused-ring (bicyclic) bond motifs is 6. The van der Waals surface area contributed by atoms with Crippen LogP contribution in [0.2, 0.25) is 0 Å². The Balaban J connectivity index is 1.21. The molecule has 37 heavy (non-hydrogen) atoms. The van der Waals surface area contributed by atoms with Gasteiger partial charge in [0, 0.05) is 36.7 Å². The number of H-pyrrole nitrogens is 1. The predicted molar refractivity (Wildman–Crippen MR) is 140 cm³/mol. The number of nitrogens with zero attached hydrogens (tertiary/aromatic N) is 3. The quantitative estimate of drug-likeness (QED) is 0.421. The number of hydrogen-bond acceptors (Lipinski definition) is 4. The van der Waals surface area contributed by atoms with Gasteiger partial charge in [-0.1, -0.05) is 24.3 Å². The van der Waals surface area contributed by atoms with Gasteiger partial charge in [-0.3, -0.25) is 14.0 Å². The molecule has 1 spiro atoms.